The zero-order valence-corrected chi connectivity index (χ0v) is 12.1. The number of hydrogen-bond acceptors (Lipinski definition) is 6. The Bertz CT molecular complexity index is 632. The number of nitrogens with zero attached hydrogens (tertiary/aromatic N) is 4. The number of aliphatic hydroxyl groups is 1. The second kappa shape index (κ2) is 6.24. The molecule has 1 aromatic heterocycles. The number of anilines is 1. The summed E-state index contributed by atoms with van der Waals surface area (Å²) in [6.07, 6.45) is 2.24. The topological polar surface area (TPSA) is 71.4 Å². The molecule has 0 bridgehead atoms. The molecule has 1 saturated heterocycles. The first-order chi connectivity index (χ1) is 10.3. The van der Waals surface area contributed by atoms with Crippen LogP contribution in [0, 0.1) is 0 Å². The Morgan fingerprint density at radius 1 is 1.14 bits per heavy atom. The number of aromatic nitrogens is 3. The van der Waals surface area contributed by atoms with Gasteiger partial charge in [-0.2, -0.15) is 15.0 Å². The van der Waals surface area contributed by atoms with E-state index in [0.717, 1.165) is 25.9 Å². The van der Waals surface area contributed by atoms with Gasteiger partial charge >= 0.3 is 6.01 Å². The summed E-state index contributed by atoms with van der Waals surface area (Å²) in [6, 6.07) is 7.31. The SMILES string of the molecule is OCc1ccccc1Oc1nc(Cl)nc(N2CCCC2)n1. The minimum atomic E-state index is -0.117. The number of hydrogen-bond donors (Lipinski definition) is 1. The summed E-state index contributed by atoms with van der Waals surface area (Å²) in [5.74, 6) is 1.04. The number of ether oxygens (including phenoxy) is 1. The average molecular weight is 307 g/mol. The van der Waals surface area contributed by atoms with Crippen LogP contribution in [0.2, 0.25) is 5.28 Å². The Morgan fingerprint density at radius 2 is 1.90 bits per heavy atom. The second-order valence-electron chi connectivity index (χ2n) is 4.75. The molecule has 0 radical (unpaired) electrons. The summed E-state index contributed by atoms with van der Waals surface area (Å²) < 4.78 is 5.65. The van der Waals surface area contributed by atoms with Gasteiger partial charge in [0.15, 0.2) is 0 Å². The van der Waals surface area contributed by atoms with Crippen LogP contribution in [0.4, 0.5) is 5.95 Å². The third-order valence-corrected chi connectivity index (χ3v) is 3.48. The van der Waals surface area contributed by atoms with Gasteiger partial charge in [0.2, 0.25) is 11.2 Å². The van der Waals surface area contributed by atoms with Crippen molar-refractivity contribution in [2.75, 3.05) is 18.0 Å². The smallest absolute Gasteiger partial charge is 0.328 e. The van der Waals surface area contributed by atoms with Gasteiger partial charge in [-0.3, -0.25) is 0 Å². The van der Waals surface area contributed by atoms with Crippen molar-refractivity contribution in [3.63, 3.8) is 0 Å². The lowest BCUT2D eigenvalue weighted by Crippen LogP contribution is -2.21. The highest BCUT2D eigenvalue weighted by atomic mass is 35.5. The fraction of sp³-hybridized carbons (Fsp3) is 0.357. The molecule has 110 valence electrons. The van der Waals surface area contributed by atoms with E-state index in [4.69, 9.17) is 16.3 Å². The van der Waals surface area contributed by atoms with E-state index in [-0.39, 0.29) is 17.9 Å². The van der Waals surface area contributed by atoms with Gasteiger partial charge in [0, 0.05) is 18.7 Å². The molecule has 0 atom stereocenters. The van der Waals surface area contributed by atoms with Crippen LogP contribution in [0.5, 0.6) is 11.8 Å². The minimum Gasteiger partial charge on any atom is -0.424 e. The Kier molecular flexibility index (Phi) is 4.17. The van der Waals surface area contributed by atoms with Gasteiger partial charge in [0.25, 0.3) is 0 Å². The van der Waals surface area contributed by atoms with Crippen LogP contribution in [0.3, 0.4) is 0 Å². The van der Waals surface area contributed by atoms with Gasteiger partial charge < -0.3 is 14.7 Å². The van der Waals surface area contributed by atoms with Gasteiger partial charge in [-0.1, -0.05) is 18.2 Å². The first kappa shape index (κ1) is 14.0. The maximum atomic E-state index is 9.31. The standard InChI is InChI=1S/C14H15ClN4O2/c15-12-16-13(19-7-3-4-8-19)18-14(17-12)21-11-6-2-1-5-10(11)9-20/h1-2,5-6,20H,3-4,7-9H2. The number of halogens is 1. The van der Waals surface area contributed by atoms with Gasteiger partial charge in [0.1, 0.15) is 5.75 Å². The van der Waals surface area contributed by atoms with Crippen molar-refractivity contribution in [2.24, 2.45) is 0 Å². The van der Waals surface area contributed by atoms with Crippen molar-refractivity contribution in [3.8, 4) is 11.8 Å². The predicted molar refractivity (Wildman–Crippen MR) is 78.7 cm³/mol. The molecule has 1 fully saturated rings. The van der Waals surface area contributed by atoms with Crippen molar-refractivity contribution in [1.29, 1.82) is 0 Å². The van der Waals surface area contributed by atoms with Crippen molar-refractivity contribution < 1.29 is 9.84 Å². The number of aliphatic hydroxyl groups excluding tert-OH is 1. The lowest BCUT2D eigenvalue weighted by Gasteiger charge is -2.15. The minimum absolute atomic E-state index is 0.100. The molecule has 0 spiro atoms. The molecule has 3 rings (SSSR count). The molecule has 1 aliphatic rings. The number of rotatable bonds is 4. The molecule has 7 heteroatoms. The van der Waals surface area contributed by atoms with Crippen LogP contribution >= 0.6 is 11.6 Å². The third kappa shape index (κ3) is 3.22. The van der Waals surface area contributed by atoms with E-state index in [1.807, 2.05) is 12.1 Å². The third-order valence-electron chi connectivity index (χ3n) is 3.31. The molecular weight excluding hydrogens is 292 g/mol. The summed E-state index contributed by atoms with van der Waals surface area (Å²) in [6.45, 7) is 1.70. The summed E-state index contributed by atoms with van der Waals surface area (Å²) in [5.41, 5.74) is 0.664. The van der Waals surface area contributed by atoms with Crippen LogP contribution in [0.1, 0.15) is 18.4 Å². The van der Waals surface area contributed by atoms with Gasteiger partial charge in [-0.25, -0.2) is 0 Å². The van der Waals surface area contributed by atoms with Crippen LogP contribution in [-0.2, 0) is 6.61 Å². The zero-order valence-electron chi connectivity index (χ0n) is 11.4. The molecule has 1 aliphatic heterocycles. The van der Waals surface area contributed by atoms with Crippen molar-refractivity contribution in [1.82, 2.24) is 15.0 Å². The molecule has 0 amide bonds. The fourth-order valence-electron chi connectivity index (χ4n) is 2.26. The Labute approximate surface area is 127 Å². The van der Waals surface area contributed by atoms with Gasteiger partial charge in [0.05, 0.1) is 6.61 Å². The molecule has 1 aromatic carbocycles. The van der Waals surface area contributed by atoms with Crippen molar-refractivity contribution in [2.45, 2.75) is 19.4 Å². The van der Waals surface area contributed by atoms with Crippen LogP contribution in [0.25, 0.3) is 0 Å². The van der Waals surface area contributed by atoms with Crippen molar-refractivity contribution >= 4 is 17.5 Å². The second-order valence-corrected chi connectivity index (χ2v) is 5.09. The normalized spacial score (nSPS) is 14.5. The highest BCUT2D eigenvalue weighted by molar-refractivity contribution is 6.28. The van der Waals surface area contributed by atoms with E-state index in [1.165, 1.54) is 0 Å². The first-order valence-electron chi connectivity index (χ1n) is 6.79. The van der Waals surface area contributed by atoms with E-state index in [2.05, 4.69) is 19.9 Å². The van der Waals surface area contributed by atoms with Crippen LogP contribution in [-0.4, -0.2) is 33.1 Å². The molecule has 21 heavy (non-hydrogen) atoms. The molecular formula is C14H15ClN4O2. The van der Waals surface area contributed by atoms with E-state index in [9.17, 15) is 5.11 Å². The molecule has 0 aliphatic carbocycles. The van der Waals surface area contributed by atoms with E-state index >= 15 is 0 Å². The van der Waals surface area contributed by atoms with E-state index in [1.54, 1.807) is 12.1 Å². The Hall–Kier alpha value is -1.92. The molecule has 2 aromatic rings. The highest BCUT2D eigenvalue weighted by Crippen LogP contribution is 2.25. The van der Waals surface area contributed by atoms with Gasteiger partial charge in [-0.15, -0.1) is 0 Å². The Balaban J connectivity index is 1.88. The van der Waals surface area contributed by atoms with E-state index < -0.39 is 0 Å². The number of benzene rings is 1. The van der Waals surface area contributed by atoms with Crippen LogP contribution < -0.4 is 9.64 Å². The largest absolute Gasteiger partial charge is 0.424 e. The summed E-state index contributed by atoms with van der Waals surface area (Å²) >= 11 is 5.95. The van der Waals surface area contributed by atoms with E-state index in [0.29, 0.717) is 17.3 Å². The zero-order chi connectivity index (χ0) is 14.7. The average Bonchev–Trinajstić information content (AvgIpc) is 3.01. The van der Waals surface area contributed by atoms with Gasteiger partial charge in [-0.05, 0) is 30.5 Å². The monoisotopic (exact) mass is 306 g/mol. The fourth-order valence-corrected chi connectivity index (χ4v) is 2.41. The quantitative estimate of drug-likeness (QED) is 0.935. The summed E-state index contributed by atoms with van der Waals surface area (Å²) in [4.78, 5) is 14.5. The Morgan fingerprint density at radius 3 is 2.67 bits per heavy atom. The molecule has 0 saturated carbocycles. The summed E-state index contributed by atoms with van der Waals surface area (Å²) in [5, 5.41) is 9.41. The molecule has 2 heterocycles. The maximum absolute atomic E-state index is 9.31. The molecule has 6 nitrogen and oxygen atoms in total. The molecule has 0 unspecified atom stereocenters. The van der Waals surface area contributed by atoms with Crippen LogP contribution in [0.15, 0.2) is 24.3 Å². The number of para-hydroxylation sites is 1. The highest BCUT2D eigenvalue weighted by Gasteiger charge is 2.18. The lowest BCUT2D eigenvalue weighted by atomic mass is 10.2. The van der Waals surface area contributed by atoms with Crippen molar-refractivity contribution in [3.05, 3.63) is 35.1 Å². The maximum Gasteiger partial charge on any atom is 0.328 e. The summed E-state index contributed by atoms with van der Waals surface area (Å²) in [7, 11) is 0. The predicted octanol–water partition coefficient (Wildman–Crippen LogP) is 2.41. The molecule has 1 N–H and O–H groups in total. The lowest BCUT2D eigenvalue weighted by molar-refractivity contribution is 0.275. The first-order valence-corrected chi connectivity index (χ1v) is 7.17.